The van der Waals surface area contributed by atoms with Crippen LogP contribution in [0.15, 0.2) is 86.6 Å². The molecule has 0 rings (SSSR count). The molecule has 0 saturated heterocycles. The molecule has 2 heteroatoms. The number of nitrogens with one attached hydrogen (secondary N) is 2. The van der Waals surface area contributed by atoms with Crippen LogP contribution in [0.5, 0.6) is 0 Å². The molecule has 0 unspecified atom stereocenters. The molecule has 0 aliphatic rings. The van der Waals surface area contributed by atoms with Gasteiger partial charge < -0.3 is 10.6 Å². The summed E-state index contributed by atoms with van der Waals surface area (Å²) in [5.74, 6) is 0. The molecule has 0 aromatic heterocycles. The molecule has 16 heavy (non-hydrogen) atoms. The van der Waals surface area contributed by atoms with Crippen molar-refractivity contribution in [1.82, 2.24) is 10.6 Å². The lowest BCUT2D eigenvalue weighted by Crippen LogP contribution is -1.92. The van der Waals surface area contributed by atoms with Crippen LogP contribution in [0.3, 0.4) is 0 Å². The standard InChI is InChI=1S/C14H18N2/c1-5-13(9-11-15-7-3)14(6-2)10-12-16-8-4/h5-12,15-16H,1-4H2/b11-9-,12-10-,14-13-. The van der Waals surface area contributed by atoms with Gasteiger partial charge in [0.25, 0.3) is 0 Å². The molecule has 0 bridgehead atoms. The van der Waals surface area contributed by atoms with Gasteiger partial charge in [-0.25, -0.2) is 0 Å². The van der Waals surface area contributed by atoms with Gasteiger partial charge in [-0.05, 0) is 35.7 Å². The molecule has 0 aliphatic carbocycles. The lowest BCUT2D eigenvalue weighted by Gasteiger charge is -2.00. The highest BCUT2D eigenvalue weighted by atomic mass is 14.8. The summed E-state index contributed by atoms with van der Waals surface area (Å²) in [6, 6.07) is 0. The summed E-state index contributed by atoms with van der Waals surface area (Å²) in [6.07, 6.45) is 14.1. The van der Waals surface area contributed by atoms with Crippen LogP contribution >= 0.6 is 0 Å². The number of hydrogen-bond acceptors (Lipinski definition) is 2. The molecule has 0 aliphatic heterocycles. The van der Waals surface area contributed by atoms with Crippen molar-refractivity contribution in [2.45, 2.75) is 0 Å². The van der Waals surface area contributed by atoms with Gasteiger partial charge in [-0.1, -0.05) is 38.5 Å². The van der Waals surface area contributed by atoms with E-state index in [1.165, 1.54) is 0 Å². The topological polar surface area (TPSA) is 24.1 Å². The third-order valence-corrected chi connectivity index (χ3v) is 1.73. The largest absolute Gasteiger partial charge is 0.368 e. The van der Waals surface area contributed by atoms with Crippen LogP contribution in [-0.2, 0) is 0 Å². The number of rotatable bonds is 8. The van der Waals surface area contributed by atoms with Gasteiger partial charge in [0.2, 0.25) is 0 Å². The zero-order chi connectivity index (χ0) is 12.2. The molecule has 0 spiro atoms. The fourth-order valence-electron chi connectivity index (χ4n) is 0.976. The minimum Gasteiger partial charge on any atom is -0.368 e. The first kappa shape index (κ1) is 13.8. The van der Waals surface area contributed by atoms with Crippen molar-refractivity contribution in [2.75, 3.05) is 0 Å². The molecule has 2 N–H and O–H groups in total. The summed E-state index contributed by atoms with van der Waals surface area (Å²) >= 11 is 0. The lowest BCUT2D eigenvalue weighted by molar-refractivity contribution is 1.19. The fourth-order valence-corrected chi connectivity index (χ4v) is 0.976. The maximum Gasteiger partial charge on any atom is 0.00104 e. The first-order valence-electron chi connectivity index (χ1n) is 4.86. The van der Waals surface area contributed by atoms with Crippen molar-refractivity contribution in [2.24, 2.45) is 0 Å². The van der Waals surface area contributed by atoms with Crippen LogP contribution in [-0.4, -0.2) is 0 Å². The van der Waals surface area contributed by atoms with E-state index < -0.39 is 0 Å². The van der Waals surface area contributed by atoms with Gasteiger partial charge in [-0.3, -0.25) is 0 Å². The second kappa shape index (κ2) is 9.34. The fraction of sp³-hybridized carbons (Fsp3) is 0. The van der Waals surface area contributed by atoms with E-state index in [1.807, 2.05) is 12.2 Å². The Morgan fingerprint density at radius 1 is 0.688 bits per heavy atom. The molecular weight excluding hydrogens is 196 g/mol. The molecule has 0 atom stereocenters. The van der Waals surface area contributed by atoms with Gasteiger partial charge >= 0.3 is 0 Å². The Morgan fingerprint density at radius 2 is 1.06 bits per heavy atom. The Balaban J connectivity index is 4.89. The van der Waals surface area contributed by atoms with Crippen molar-refractivity contribution < 1.29 is 0 Å². The molecule has 0 saturated carbocycles. The van der Waals surface area contributed by atoms with Crippen LogP contribution in [0.1, 0.15) is 0 Å². The maximum atomic E-state index is 3.75. The van der Waals surface area contributed by atoms with E-state index in [4.69, 9.17) is 0 Å². The summed E-state index contributed by atoms with van der Waals surface area (Å²) in [5.41, 5.74) is 1.93. The second-order valence-electron chi connectivity index (χ2n) is 2.73. The van der Waals surface area contributed by atoms with Gasteiger partial charge in [-0.15, -0.1) is 0 Å². The minimum atomic E-state index is 0.964. The van der Waals surface area contributed by atoms with Gasteiger partial charge in [0, 0.05) is 12.4 Å². The Bertz CT molecular complexity index is 310. The molecule has 0 aromatic carbocycles. The monoisotopic (exact) mass is 214 g/mol. The summed E-state index contributed by atoms with van der Waals surface area (Å²) < 4.78 is 0. The van der Waals surface area contributed by atoms with Crippen LogP contribution < -0.4 is 10.6 Å². The highest BCUT2D eigenvalue weighted by Gasteiger charge is 1.92. The van der Waals surface area contributed by atoms with Gasteiger partial charge in [0.15, 0.2) is 0 Å². The summed E-state index contributed by atoms with van der Waals surface area (Å²) in [4.78, 5) is 0. The van der Waals surface area contributed by atoms with Crippen molar-refractivity contribution in [1.29, 1.82) is 0 Å². The first-order valence-corrected chi connectivity index (χ1v) is 4.86. The lowest BCUT2D eigenvalue weighted by atomic mass is 10.1. The number of hydrogen-bond donors (Lipinski definition) is 2. The van der Waals surface area contributed by atoms with Crippen molar-refractivity contribution in [3.8, 4) is 0 Å². The molecular formula is C14H18N2. The molecule has 0 amide bonds. The van der Waals surface area contributed by atoms with Gasteiger partial charge in [0.05, 0.1) is 0 Å². The molecule has 0 fully saturated rings. The summed E-state index contributed by atoms with van der Waals surface area (Å²) in [5, 5.41) is 5.74. The maximum absolute atomic E-state index is 3.75. The summed E-state index contributed by atoms with van der Waals surface area (Å²) in [7, 11) is 0. The van der Waals surface area contributed by atoms with Crippen LogP contribution in [0, 0.1) is 0 Å². The van der Waals surface area contributed by atoms with Crippen LogP contribution in [0.4, 0.5) is 0 Å². The van der Waals surface area contributed by atoms with Crippen molar-refractivity contribution >= 4 is 0 Å². The third kappa shape index (κ3) is 5.50. The molecule has 0 heterocycles. The van der Waals surface area contributed by atoms with Crippen molar-refractivity contribution in [3.63, 3.8) is 0 Å². The van der Waals surface area contributed by atoms with E-state index in [9.17, 15) is 0 Å². The number of allylic oxidation sites excluding steroid dienone is 6. The zero-order valence-corrected chi connectivity index (χ0v) is 9.45. The second-order valence-corrected chi connectivity index (χ2v) is 2.73. The molecule has 0 radical (unpaired) electrons. The van der Waals surface area contributed by atoms with E-state index in [1.54, 1.807) is 37.0 Å². The average Bonchev–Trinajstić information content (AvgIpc) is 2.31. The highest BCUT2D eigenvalue weighted by Crippen LogP contribution is 2.09. The minimum absolute atomic E-state index is 0.964. The third-order valence-electron chi connectivity index (χ3n) is 1.73. The van der Waals surface area contributed by atoms with Gasteiger partial charge in [0.1, 0.15) is 0 Å². The van der Waals surface area contributed by atoms with Gasteiger partial charge in [-0.2, -0.15) is 0 Å². The average molecular weight is 214 g/mol. The van der Waals surface area contributed by atoms with Crippen LogP contribution in [0.25, 0.3) is 0 Å². The Labute approximate surface area is 97.8 Å². The zero-order valence-electron chi connectivity index (χ0n) is 9.45. The van der Waals surface area contributed by atoms with E-state index in [-0.39, 0.29) is 0 Å². The Kier molecular flexibility index (Phi) is 8.04. The quantitative estimate of drug-likeness (QED) is 0.606. The predicted octanol–water partition coefficient (Wildman–Crippen LogP) is 3.15. The van der Waals surface area contributed by atoms with Crippen LogP contribution in [0.2, 0.25) is 0 Å². The molecule has 84 valence electrons. The predicted molar refractivity (Wildman–Crippen MR) is 72.4 cm³/mol. The summed E-state index contributed by atoms with van der Waals surface area (Å²) in [6.45, 7) is 14.6. The molecule has 2 nitrogen and oxygen atoms in total. The van der Waals surface area contributed by atoms with E-state index >= 15 is 0 Å². The first-order chi connectivity index (χ1) is 7.79. The van der Waals surface area contributed by atoms with Crippen molar-refractivity contribution in [3.05, 3.63) is 86.6 Å². The Hall–Kier alpha value is -2.22. The van der Waals surface area contributed by atoms with E-state index in [0.717, 1.165) is 11.1 Å². The van der Waals surface area contributed by atoms with E-state index in [0.29, 0.717) is 0 Å². The molecule has 0 aromatic rings. The highest BCUT2D eigenvalue weighted by molar-refractivity contribution is 5.45. The Morgan fingerprint density at radius 3 is 1.31 bits per heavy atom. The normalized spacial score (nSPS) is 12.0. The van der Waals surface area contributed by atoms with E-state index in [2.05, 4.69) is 36.9 Å². The SMILES string of the molecule is C=CN\C=C/C(C=C)=C(C=C)\C=C/NC=C. The smallest absolute Gasteiger partial charge is 0.00104 e.